The van der Waals surface area contributed by atoms with Crippen molar-refractivity contribution in [2.24, 2.45) is 16.8 Å². The molecule has 1 aliphatic heterocycles. The molecule has 0 bridgehead atoms. The Labute approximate surface area is 133 Å². The van der Waals surface area contributed by atoms with E-state index in [1.807, 2.05) is 13.8 Å². The molecule has 0 amide bonds. The van der Waals surface area contributed by atoms with Crippen molar-refractivity contribution in [3.05, 3.63) is 11.9 Å². The zero-order valence-corrected chi connectivity index (χ0v) is 14.2. The van der Waals surface area contributed by atoms with Gasteiger partial charge in [0, 0.05) is 33.8 Å². The molecule has 0 aliphatic carbocycles. The van der Waals surface area contributed by atoms with E-state index in [2.05, 4.69) is 15.5 Å². The fourth-order valence-electron chi connectivity index (χ4n) is 2.16. The Kier molecular flexibility index (Phi) is 8.38. The maximum absolute atomic E-state index is 12.2. The van der Waals surface area contributed by atoms with Gasteiger partial charge in [-0.15, -0.1) is 0 Å². The molecule has 3 unspecified atom stereocenters. The number of hydrogen-bond donors (Lipinski definition) is 4. The molecule has 1 aliphatic rings. The van der Waals surface area contributed by atoms with E-state index in [0.29, 0.717) is 12.1 Å². The fraction of sp³-hybridized carbons (Fsp3) is 0.714. The van der Waals surface area contributed by atoms with E-state index in [9.17, 15) is 9.59 Å². The number of rotatable bonds is 3. The van der Waals surface area contributed by atoms with Gasteiger partial charge < -0.3 is 11.1 Å². The number of hydrogen-bond acceptors (Lipinski definition) is 7. The molecule has 0 saturated carbocycles. The molecule has 8 heteroatoms. The van der Waals surface area contributed by atoms with Crippen LogP contribution in [0.5, 0.6) is 0 Å². The highest BCUT2D eigenvalue weighted by atomic mass is 31.1. The quantitative estimate of drug-likeness (QED) is 0.464. The first-order valence-corrected chi connectivity index (χ1v) is 8.60. The molecular formula is C14H26N5O2P. The molecule has 22 heavy (non-hydrogen) atoms. The lowest BCUT2D eigenvalue weighted by Gasteiger charge is -2.20. The normalized spacial score (nSPS) is 28.7. The molecule has 0 spiro atoms. The highest BCUT2D eigenvalue weighted by Crippen LogP contribution is 2.18. The van der Waals surface area contributed by atoms with Crippen LogP contribution < -0.4 is 16.1 Å². The smallest absolute Gasteiger partial charge is 0.183 e. The van der Waals surface area contributed by atoms with Crippen LogP contribution in [0.4, 0.5) is 0 Å². The van der Waals surface area contributed by atoms with E-state index in [-0.39, 0.29) is 38.4 Å². The first-order chi connectivity index (χ1) is 10.5. The Bertz CT molecular complexity index is 439. The summed E-state index contributed by atoms with van der Waals surface area (Å²) in [6, 6.07) is -0.993. The van der Waals surface area contributed by atoms with Crippen molar-refractivity contribution in [3.63, 3.8) is 0 Å². The highest BCUT2D eigenvalue weighted by molar-refractivity contribution is 7.56. The Balaban J connectivity index is 2.76. The number of carbonyl (C=O) groups excluding carboxylic acids is 2. The maximum Gasteiger partial charge on any atom is 0.183 e. The third-order valence-corrected chi connectivity index (χ3v) is 4.63. The first-order valence-electron chi connectivity index (χ1n) is 7.60. The van der Waals surface area contributed by atoms with E-state index in [0.717, 1.165) is 19.4 Å². The van der Waals surface area contributed by atoms with Crippen molar-refractivity contribution < 1.29 is 9.59 Å². The van der Waals surface area contributed by atoms with E-state index in [1.165, 1.54) is 0 Å². The molecule has 1 heterocycles. The third kappa shape index (κ3) is 6.30. The van der Waals surface area contributed by atoms with Gasteiger partial charge in [-0.1, -0.05) is 13.8 Å². The van der Waals surface area contributed by atoms with Crippen molar-refractivity contribution in [1.29, 1.82) is 5.53 Å². The predicted molar refractivity (Wildman–Crippen MR) is 87.8 cm³/mol. The summed E-state index contributed by atoms with van der Waals surface area (Å²) in [5.41, 5.74) is 13.3. The van der Waals surface area contributed by atoms with Gasteiger partial charge in [-0.3, -0.25) is 14.7 Å². The second-order valence-corrected chi connectivity index (χ2v) is 6.78. The second kappa shape index (κ2) is 9.77. The molecule has 0 aromatic carbocycles. The monoisotopic (exact) mass is 327 g/mol. The molecule has 0 aromatic rings. The topological polar surface area (TPSA) is 120 Å². The van der Waals surface area contributed by atoms with E-state index >= 15 is 0 Å². The zero-order chi connectivity index (χ0) is 16.5. The molecule has 1 rings (SSSR count). The van der Waals surface area contributed by atoms with Crippen LogP contribution in [0.1, 0.15) is 39.5 Å². The van der Waals surface area contributed by atoms with Gasteiger partial charge >= 0.3 is 0 Å². The molecule has 3 atom stereocenters. The van der Waals surface area contributed by atoms with Crippen molar-refractivity contribution in [1.82, 2.24) is 10.4 Å². The van der Waals surface area contributed by atoms with Crippen molar-refractivity contribution in [2.75, 3.05) is 6.54 Å². The zero-order valence-electron chi connectivity index (χ0n) is 13.2. The molecule has 7 nitrogen and oxygen atoms in total. The average Bonchev–Trinajstić information content (AvgIpc) is 2.51. The summed E-state index contributed by atoms with van der Waals surface area (Å²) in [5, 5.41) is 9.56. The van der Waals surface area contributed by atoms with E-state index in [1.54, 1.807) is 6.20 Å². The van der Waals surface area contributed by atoms with E-state index in [4.69, 9.17) is 11.3 Å². The number of nitrogens with two attached hydrogens (primary N) is 1. The van der Waals surface area contributed by atoms with Crippen LogP contribution in [0, 0.1) is 11.4 Å². The van der Waals surface area contributed by atoms with Crippen LogP contribution >= 0.6 is 8.73 Å². The van der Waals surface area contributed by atoms with Crippen LogP contribution in [0.2, 0.25) is 0 Å². The summed E-state index contributed by atoms with van der Waals surface area (Å²) < 4.78 is 0. The largest absolute Gasteiger partial charge is 0.389 e. The Hall–Kier alpha value is -1.17. The van der Waals surface area contributed by atoms with Crippen LogP contribution in [0.3, 0.4) is 0 Å². The second-order valence-electron chi connectivity index (χ2n) is 5.75. The summed E-state index contributed by atoms with van der Waals surface area (Å²) in [6.45, 7) is 4.48. The molecule has 0 saturated heterocycles. The SMILES string of the molecule is CC(C)C(=O)C1CCCCN/C=C(\N=N)CC(N)C(=O)PN1. The average molecular weight is 327 g/mol. The first kappa shape index (κ1) is 18.9. The minimum atomic E-state index is -0.705. The van der Waals surface area contributed by atoms with Gasteiger partial charge in [0.1, 0.15) is 0 Å². The molecular weight excluding hydrogens is 301 g/mol. The number of carbonyl (C=O) groups is 2. The summed E-state index contributed by atoms with van der Waals surface area (Å²) in [7, 11) is -0.199. The lowest BCUT2D eigenvalue weighted by molar-refractivity contribution is -0.123. The molecule has 0 fully saturated rings. The lowest BCUT2D eigenvalue weighted by atomic mass is 9.98. The number of nitrogens with one attached hydrogen (secondary N) is 3. The standard InChI is InChI=1S/C14H26N5O2P/c1-9(2)13(20)12-5-3-4-6-17-8-10(18-16)7-11(15)14(21)22-19-12/h8-9,11-12,16-17,19,22H,3-7,15H2,1-2H3/b10-8-,18-16?. The predicted octanol–water partition coefficient (Wildman–Crippen LogP) is 1.65. The number of nitrogens with zero attached hydrogens (tertiary/aromatic N) is 1. The van der Waals surface area contributed by atoms with Crippen molar-refractivity contribution >= 4 is 20.0 Å². The van der Waals surface area contributed by atoms with Gasteiger partial charge in [-0.2, -0.15) is 5.11 Å². The maximum atomic E-state index is 12.2. The van der Waals surface area contributed by atoms with Crippen molar-refractivity contribution in [2.45, 2.75) is 51.6 Å². The molecule has 5 N–H and O–H groups in total. The van der Waals surface area contributed by atoms with Crippen LogP contribution in [0.25, 0.3) is 0 Å². The van der Waals surface area contributed by atoms with Crippen LogP contribution in [0.15, 0.2) is 17.0 Å². The molecule has 0 radical (unpaired) electrons. The summed E-state index contributed by atoms with van der Waals surface area (Å²) in [5.74, 6) is 0.0759. The minimum Gasteiger partial charge on any atom is -0.389 e. The van der Waals surface area contributed by atoms with Gasteiger partial charge in [0.25, 0.3) is 0 Å². The lowest BCUT2D eigenvalue weighted by Crippen LogP contribution is -2.37. The minimum absolute atomic E-state index is 0.0599. The highest BCUT2D eigenvalue weighted by Gasteiger charge is 2.23. The van der Waals surface area contributed by atoms with Gasteiger partial charge in [-0.05, 0) is 19.3 Å². The molecule has 124 valence electrons. The van der Waals surface area contributed by atoms with Crippen molar-refractivity contribution in [3.8, 4) is 0 Å². The Morgan fingerprint density at radius 1 is 1.50 bits per heavy atom. The third-order valence-electron chi connectivity index (χ3n) is 3.52. The Morgan fingerprint density at radius 3 is 2.86 bits per heavy atom. The van der Waals surface area contributed by atoms with Gasteiger partial charge in [0.15, 0.2) is 11.3 Å². The number of Topliss-reactive ketones (excluding diaryl/α,β-unsaturated/α-hetero) is 1. The number of ketones is 1. The molecule has 0 aromatic heterocycles. The van der Waals surface area contributed by atoms with E-state index < -0.39 is 6.04 Å². The summed E-state index contributed by atoms with van der Waals surface area (Å²) in [6.07, 6.45) is 4.38. The van der Waals surface area contributed by atoms with Crippen LogP contribution in [-0.4, -0.2) is 29.9 Å². The summed E-state index contributed by atoms with van der Waals surface area (Å²) >= 11 is 0. The van der Waals surface area contributed by atoms with Gasteiger partial charge in [0.2, 0.25) is 0 Å². The van der Waals surface area contributed by atoms with Gasteiger partial charge in [-0.25, -0.2) is 5.53 Å². The Morgan fingerprint density at radius 2 is 2.23 bits per heavy atom. The van der Waals surface area contributed by atoms with Gasteiger partial charge in [0.05, 0.1) is 17.8 Å². The van der Waals surface area contributed by atoms with Crippen LogP contribution in [-0.2, 0) is 9.59 Å². The fourth-order valence-corrected chi connectivity index (χ4v) is 3.05. The summed E-state index contributed by atoms with van der Waals surface area (Å²) in [4.78, 5) is 24.3.